The molecule has 0 aromatic heterocycles. The van der Waals surface area contributed by atoms with E-state index in [2.05, 4.69) is 57.1 Å². The lowest BCUT2D eigenvalue weighted by Crippen LogP contribution is -2.47. The van der Waals surface area contributed by atoms with Crippen LogP contribution in [0.4, 0.5) is 0 Å². The number of nitrogens with zero attached hydrogens (tertiary/aromatic N) is 2. The molecular formula is C27H31N2O2+. The van der Waals surface area contributed by atoms with Crippen molar-refractivity contribution in [2.45, 2.75) is 11.8 Å². The molecule has 4 rings (SSSR count). The van der Waals surface area contributed by atoms with Crippen LogP contribution < -0.4 is 0 Å². The summed E-state index contributed by atoms with van der Waals surface area (Å²) < 4.78 is 0.693. The average molecular weight is 416 g/mol. The van der Waals surface area contributed by atoms with Crippen LogP contribution in [0.3, 0.4) is 0 Å². The molecule has 1 saturated heterocycles. The minimum atomic E-state index is -0.361. The van der Waals surface area contributed by atoms with E-state index in [1.807, 2.05) is 42.5 Å². The van der Waals surface area contributed by atoms with E-state index >= 15 is 0 Å². The molecule has 1 fully saturated rings. The van der Waals surface area contributed by atoms with E-state index in [4.69, 9.17) is 0 Å². The lowest BCUT2D eigenvalue weighted by molar-refractivity contribution is -0.883. The van der Waals surface area contributed by atoms with E-state index < -0.39 is 0 Å². The Hall–Kier alpha value is -2.98. The number of imide groups is 1. The number of hydrogen-bond donors (Lipinski definition) is 0. The molecule has 2 aliphatic rings. The third-order valence-corrected chi connectivity index (χ3v) is 6.71. The average Bonchev–Trinajstić information content (AvgIpc) is 3.03. The van der Waals surface area contributed by atoms with E-state index in [0.29, 0.717) is 17.6 Å². The van der Waals surface area contributed by atoms with Crippen LogP contribution in [0, 0.1) is 11.8 Å². The van der Waals surface area contributed by atoms with Crippen molar-refractivity contribution in [1.29, 1.82) is 0 Å². The molecule has 1 aliphatic heterocycles. The second-order valence-corrected chi connectivity index (χ2v) is 9.27. The van der Waals surface area contributed by atoms with Crippen molar-refractivity contribution in [2.75, 3.05) is 33.7 Å². The summed E-state index contributed by atoms with van der Waals surface area (Å²) in [7, 11) is 4.20. The number of amides is 2. The van der Waals surface area contributed by atoms with Gasteiger partial charge >= 0.3 is 0 Å². The van der Waals surface area contributed by atoms with E-state index in [0.717, 1.165) is 17.7 Å². The molecule has 1 heterocycles. The zero-order valence-corrected chi connectivity index (χ0v) is 18.4. The Labute approximate surface area is 185 Å². The molecule has 0 N–H and O–H groups in total. The van der Waals surface area contributed by atoms with Gasteiger partial charge in [0.05, 0.1) is 45.6 Å². The first-order valence-corrected chi connectivity index (χ1v) is 11.0. The Morgan fingerprint density at radius 2 is 1.29 bits per heavy atom. The lowest BCUT2D eigenvalue weighted by Gasteiger charge is -2.32. The number of carbonyl (C=O) groups excluding carboxylic acids is 2. The third-order valence-electron chi connectivity index (χ3n) is 6.71. The smallest absolute Gasteiger partial charge is 0.234 e. The zero-order valence-electron chi connectivity index (χ0n) is 18.4. The van der Waals surface area contributed by atoms with Gasteiger partial charge < -0.3 is 4.48 Å². The van der Waals surface area contributed by atoms with Crippen LogP contribution in [0.2, 0.25) is 0 Å². The van der Waals surface area contributed by atoms with Crippen molar-refractivity contribution in [3.8, 4) is 0 Å². The van der Waals surface area contributed by atoms with Crippen LogP contribution in [-0.2, 0) is 9.59 Å². The van der Waals surface area contributed by atoms with Gasteiger partial charge in [-0.15, -0.1) is 0 Å². The molecule has 2 aromatic carbocycles. The Morgan fingerprint density at radius 1 is 0.839 bits per heavy atom. The molecule has 0 bridgehead atoms. The summed E-state index contributed by atoms with van der Waals surface area (Å²) in [5.41, 5.74) is 2.18. The number of carbonyl (C=O) groups is 2. The van der Waals surface area contributed by atoms with Crippen LogP contribution in [0.15, 0.2) is 85.5 Å². The maximum absolute atomic E-state index is 13.6. The Bertz CT molecular complexity index is 913. The third kappa shape index (κ3) is 4.13. The lowest BCUT2D eigenvalue weighted by atomic mass is 9.68. The fraction of sp³-hybridized carbons (Fsp3) is 0.333. The number of rotatable bonds is 7. The van der Waals surface area contributed by atoms with Gasteiger partial charge in [-0.3, -0.25) is 14.5 Å². The Kier molecular flexibility index (Phi) is 5.92. The van der Waals surface area contributed by atoms with E-state index in [1.165, 1.54) is 4.90 Å². The van der Waals surface area contributed by atoms with Gasteiger partial charge in [-0.25, -0.2) is 0 Å². The molecule has 2 amide bonds. The van der Waals surface area contributed by atoms with Gasteiger partial charge in [0.15, 0.2) is 0 Å². The summed E-state index contributed by atoms with van der Waals surface area (Å²) >= 11 is 0. The van der Waals surface area contributed by atoms with Crippen molar-refractivity contribution in [2.24, 2.45) is 11.8 Å². The molecule has 0 unspecified atom stereocenters. The molecule has 4 nitrogen and oxygen atoms in total. The molecule has 1 aliphatic carbocycles. The minimum absolute atomic E-state index is 0.0345. The topological polar surface area (TPSA) is 37.4 Å². The fourth-order valence-electron chi connectivity index (χ4n) is 5.03. The van der Waals surface area contributed by atoms with Gasteiger partial charge in [-0.2, -0.15) is 0 Å². The first-order chi connectivity index (χ1) is 14.9. The highest BCUT2D eigenvalue weighted by molar-refractivity contribution is 6.06. The standard InChI is InChI=1S/C27H31N2O2/c1-4-18-29(2,3)19-17-28-26(30)24-22(20-11-7-5-8-12-20)15-16-23(25(24)27(28)31)21-13-9-6-10-14-21/h4-16,22-25H,1,17-19H2,2-3H3/q+1/t22-,23-,24+,25+/m0/s1. The summed E-state index contributed by atoms with van der Waals surface area (Å²) in [5.74, 6) is -0.952. The zero-order chi connectivity index (χ0) is 22.0. The normalized spacial score (nSPS) is 25.5. The number of hydrogen-bond acceptors (Lipinski definition) is 2. The first kappa shape index (κ1) is 21.3. The highest BCUT2D eigenvalue weighted by Gasteiger charge is 2.55. The van der Waals surface area contributed by atoms with Gasteiger partial charge in [0, 0.05) is 11.8 Å². The number of allylic oxidation sites excluding steroid dienone is 2. The Morgan fingerprint density at radius 3 is 1.71 bits per heavy atom. The highest BCUT2D eigenvalue weighted by atomic mass is 16.2. The van der Waals surface area contributed by atoms with Crippen LogP contribution in [0.25, 0.3) is 0 Å². The molecule has 0 spiro atoms. The quantitative estimate of drug-likeness (QED) is 0.390. The number of fused-ring (bicyclic) bond motifs is 1. The van der Waals surface area contributed by atoms with Crippen LogP contribution in [0.5, 0.6) is 0 Å². The molecule has 0 radical (unpaired) electrons. The highest BCUT2D eigenvalue weighted by Crippen LogP contribution is 2.49. The summed E-state index contributed by atoms with van der Waals surface area (Å²) in [6.07, 6.45) is 6.16. The SMILES string of the molecule is C=CC[N+](C)(C)CCN1C(=O)[C@H]2[C@H](C1=O)[C@H](c1ccccc1)C=C[C@H]2c1ccccc1. The Balaban J connectivity index is 1.69. The van der Waals surface area contributed by atoms with Crippen molar-refractivity contribution < 1.29 is 14.1 Å². The first-order valence-electron chi connectivity index (χ1n) is 11.0. The molecule has 31 heavy (non-hydrogen) atoms. The number of likely N-dealkylation sites (tertiary alicyclic amines) is 1. The predicted octanol–water partition coefficient (Wildman–Crippen LogP) is 3.99. The molecule has 2 aromatic rings. The molecule has 4 atom stereocenters. The van der Waals surface area contributed by atoms with Crippen LogP contribution >= 0.6 is 0 Å². The maximum Gasteiger partial charge on any atom is 0.234 e. The summed E-state index contributed by atoms with van der Waals surface area (Å²) in [6, 6.07) is 20.2. The van der Waals surface area contributed by atoms with Gasteiger partial charge in [0.1, 0.15) is 0 Å². The monoisotopic (exact) mass is 415 g/mol. The minimum Gasteiger partial charge on any atom is -0.324 e. The van der Waals surface area contributed by atoms with Gasteiger partial charge in [0.2, 0.25) is 11.8 Å². The summed E-state index contributed by atoms with van der Waals surface area (Å²) in [5, 5.41) is 0. The van der Waals surface area contributed by atoms with E-state index in [-0.39, 0.29) is 35.5 Å². The van der Waals surface area contributed by atoms with Crippen molar-refractivity contribution >= 4 is 11.8 Å². The van der Waals surface area contributed by atoms with Crippen molar-refractivity contribution in [1.82, 2.24) is 4.90 Å². The summed E-state index contributed by atoms with van der Waals surface area (Å²) in [6.45, 7) is 5.78. The van der Waals surface area contributed by atoms with E-state index in [9.17, 15) is 9.59 Å². The van der Waals surface area contributed by atoms with Gasteiger partial charge in [-0.1, -0.05) is 79.4 Å². The number of quaternary nitrogens is 1. The molecule has 0 saturated carbocycles. The van der Waals surface area contributed by atoms with Gasteiger partial charge in [0.25, 0.3) is 0 Å². The number of likely N-dealkylation sites (N-methyl/N-ethyl adjacent to an activating group) is 1. The van der Waals surface area contributed by atoms with Crippen LogP contribution in [0.1, 0.15) is 23.0 Å². The van der Waals surface area contributed by atoms with Crippen molar-refractivity contribution in [3.05, 3.63) is 96.6 Å². The summed E-state index contributed by atoms with van der Waals surface area (Å²) in [4.78, 5) is 28.8. The molecule has 4 heteroatoms. The molecular weight excluding hydrogens is 384 g/mol. The largest absolute Gasteiger partial charge is 0.324 e. The molecule has 160 valence electrons. The van der Waals surface area contributed by atoms with Gasteiger partial charge in [-0.05, 0) is 17.2 Å². The fourth-order valence-corrected chi connectivity index (χ4v) is 5.03. The number of benzene rings is 2. The van der Waals surface area contributed by atoms with E-state index in [1.54, 1.807) is 0 Å². The second kappa shape index (κ2) is 8.64. The second-order valence-electron chi connectivity index (χ2n) is 9.27. The van der Waals surface area contributed by atoms with Crippen LogP contribution in [-0.4, -0.2) is 54.9 Å². The maximum atomic E-state index is 13.6. The van der Waals surface area contributed by atoms with Crippen molar-refractivity contribution in [3.63, 3.8) is 0 Å². The predicted molar refractivity (Wildman–Crippen MR) is 123 cm³/mol.